The molecule has 110 valence electrons. The molecular formula is C15H29N3O. The van der Waals surface area contributed by atoms with Crippen LogP contribution in [0.1, 0.15) is 38.5 Å². The van der Waals surface area contributed by atoms with E-state index in [1.165, 1.54) is 58.2 Å². The van der Waals surface area contributed by atoms with Crippen LogP contribution in [0.25, 0.3) is 0 Å². The summed E-state index contributed by atoms with van der Waals surface area (Å²) in [5.74, 6) is 1.16. The SMILES string of the molecule is NCC1(NC2CCCCC2CO)CCN2CCC1C2. The van der Waals surface area contributed by atoms with Gasteiger partial charge in [-0.15, -0.1) is 0 Å². The van der Waals surface area contributed by atoms with Crippen LogP contribution in [0.5, 0.6) is 0 Å². The van der Waals surface area contributed by atoms with Crippen LogP contribution in [0.3, 0.4) is 0 Å². The summed E-state index contributed by atoms with van der Waals surface area (Å²) >= 11 is 0. The topological polar surface area (TPSA) is 61.5 Å². The highest BCUT2D eigenvalue weighted by Gasteiger charge is 2.46. The summed E-state index contributed by atoms with van der Waals surface area (Å²) in [5, 5.41) is 13.5. The van der Waals surface area contributed by atoms with Crippen LogP contribution in [0, 0.1) is 11.8 Å². The Morgan fingerprint density at radius 2 is 2.05 bits per heavy atom. The third kappa shape index (κ3) is 2.56. The van der Waals surface area contributed by atoms with E-state index in [9.17, 15) is 5.11 Å². The smallest absolute Gasteiger partial charge is 0.0474 e. The summed E-state index contributed by atoms with van der Waals surface area (Å²) < 4.78 is 0. The van der Waals surface area contributed by atoms with E-state index in [1.807, 2.05) is 0 Å². The normalized spacial score (nSPS) is 46.4. The Bertz CT molecular complexity index is 312. The maximum Gasteiger partial charge on any atom is 0.0474 e. The standard InChI is InChI=1S/C15H29N3O/c16-11-15(6-8-18-7-5-13(15)9-18)17-14-4-2-1-3-12(14)10-19/h12-14,17,19H,1-11,16H2. The van der Waals surface area contributed by atoms with Crippen molar-refractivity contribution in [2.75, 3.05) is 32.8 Å². The number of fused-ring (bicyclic) bond motifs is 2. The summed E-state index contributed by atoms with van der Waals surface area (Å²) in [7, 11) is 0. The van der Waals surface area contributed by atoms with E-state index in [0.717, 1.165) is 6.54 Å². The minimum Gasteiger partial charge on any atom is -0.396 e. The average molecular weight is 267 g/mol. The molecule has 4 nitrogen and oxygen atoms in total. The Hall–Kier alpha value is -0.160. The molecule has 2 saturated heterocycles. The number of hydrogen-bond acceptors (Lipinski definition) is 4. The number of aliphatic hydroxyl groups excluding tert-OH is 1. The van der Waals surface area contributed by atoms with Crippen molar-refractivity contribution < 1.29 is 5.11 Å². The second kappa shape index (κ2) is 5.68. The lowest BCUT2D eigenvalue weighted by atomic mass is 9.75. The van der Waals surface area contributed by atoms with E-state index in [1.54, 1.807) is 0 Å². The zero-order valence-electron chi connectivity index (χ0n) is 12.0. The summed E-state index contributed by atoms with van der Waals surface area (Å²) in [6, 6.07) is 0.481. The van der Waals surface area contributed by atoms with Crippen molar-refractivity contribution in [3.63, 3.8) is 0 Å². The lowest BCUT2D eigenvalue weighted by Gasteiger charge is -2.47. The lowest BCUT2D eigenvalue weighted by molar-refractivity contribution is 0.0792. The first-order chi connectivity index (χ1) is 9.27. The number of nitrogens with zero attached hydrogens (tertiary/aromatic N) is 1. The fourth-order valence-electron chi connectivity index (χ4n) is 4.55. The predicted molar refractivity (Wildman–Crippen MR) is 76.9 cm³/mol. The van der Waals surface area contributed by atoms with Crippen LogP contribution >= 0.6 is 0 Å². The largest absolute Gasteiger partial charge is 0.396 e. The first-order valence-corrected chi connectivity index (χ1v) is 8.08. The van der Waals surface area contributed by atoms with Crippen molar-refractivity contribution in [2.24, 2.45) is 17.6 Å². The summed E-state index contributed by atoms with van der Waals surface area (Å²) in [4.78, 5) is 2.57. The van der Waals surface area contributed by atoms with E-state index in [0.29, 0.717) is 24.5 Å². The molecule has 3 fully saturated rings. The Balaban J connectivity index is 1.71. The monoisotopic (exact) mass is 267 g/mol. The molecule has 0 aromatic carbocycles. The molecule has 3 aliphatic rings. The lowest BCUT2D eigenvalue weighted by Crippen LogP contribution is -2.64. The van der Waals surface area contributed by atoms with Gasteiger partial charge in [-0.25, -0.2) is 0 Å². The van der Waals surface area contributed by atoms with Gasteiger partial charge in [-0.2, -0.15) is 0 Å². The number of hydrogen-bond donors (Lipinski definition) is 3. The first kappa shape index (κ1) is 13.8. The summed E-state index contributed by atoms with van der Waals surface area (Å²) in [5.41, 5.74) is 6.32. The van der Waals surface area contributed by atoms with E-state index in [-0.39, 0.29) is 5.54 Å². The van der Waals surface area contributed by atoms with Crippen molar-refractivity contribution >= 4 is 0 Å². The van der Waals surface area contributed by atoms with Gasteiger partial charge in [0, 0.05) is 31.3 Å². The molecular weight excluding hydrogens is 238 g/mol. The molecule has 0 aromatic rings. The Labute approximate surface area is 116 Å². The van der Waals surface area contributed by atoms with E-state index in [2.05, 4.69) is 10.2 Å². The highest BCUT2D eigenvalue weighted by Crippen LogP contribution is 2.37. The number of nitrogens with two attached hydrogens (primary N) is 1. The molecule has 19 heavy (non-hydrogen) atoms. The van der Waals surface area contributed by atoms with Gasteiger partial charge in [0.1, 0.15) is 0 Å². The number of aliphatic hydroxyl groups is 1. The number of rotatable bonds is 4. The van der Waals surface area contributed by atoms with Crippen LogP contribution in [-0.4, -0.2) is 54.4 Å². The Morgan fingerprint density at radius 1 is 1.21 bits per heavy atom. The van der Waals surface area contributed by atoms with Crippen molar-refractivity contribution in [1.29, 1.82) is 0 Å². The highest BCUT2D eigenvalue weighted by molar-refractivity contribution is 5.05. The fraction of sp³-hybridized carbons (Fsp3) is 1.00. The van der Waals surface area contributed by atoms with Gasteiger partial charge in [0.2, 0.25) is 0 Å². The van der Waals surface area contributed by atoms with Gasteiger partial charge in [0.05, 0.1) is 0 Å². The van der Waals surface area contributed by atoms with Crippen LogP contribution in [0.15, 0.2) is 0 Å². The van der Waals surface area contributed by atoms with Gasteiger partial charge in [0.15, 0.2) is 0 Å². The third-order valence-corrected chi connectivity index (χ3v) is 5.91. The molecule has 0 radical (unpaired) electrons. The zero-order chi connectivity index (χ0) is 13.3. The van der Waals surface area contributed by atoms with Crippen LogP contribution in [0.4, 0.5) is 0 Å². The molecule has 2 aliphatic heterocycles. The molecule has 4 heteroatoms. The highest BCUT2D eigenvalue weighted by atomic mass is 16.3. The fourth-order valence-corrected chi connectivity index (χ4v) is 4.55. The van der Waals surface area contributed by atoms with Crippen molar-refractivity contribution in [1.82, 2.24) is 10.2 Å². The molecule has 5 unspecified atom stereocenters. The van der Waals surface area contributed by atoms with Crippen LogP contribution < -0.4 is 11.1 Å². The van der Waals surface area contributed by atoms with Gasteiger partial charge in [0.25, 0.3) is 0 Å². The minimum absolute atomic E-state index is 0.141. The van der Waals surface area contributed by atoms with Crippen LogP contribution in [0.2, 0.25) is 0 Å². The second-order valence-corrected chi connectivity index (χ2v) is 6.87. The van der Waals surface area contributed by atoms with E-state index in [4.69, 9.17) is 5.73 Å². The molecule has 0 aromatic heterocycles. The Kier molecular flexibility index (Phi) is 4.13. The van der Waals surface area contributed by atoms with E-state index < -0.39 is 0 Å². The molecule has 3 rings (SSSR count). The van der Waals surface area contributed by atoms with Crippen molar-refractivity contribution in [2.45, 2.75) is 50.1 Å². The summed E-state index contributed by atoms with van der Waals surface area (Å²) in [6.45, 7) is 4.75. The predicted octanol–water partition coefficient (Wildman–Crippen LogP) is 0.550. The van der Waals surface area contributed by atoms with Gasteiger partial charge in [-0.1, -0.05) is 12.8 Å². The molecule has 4 N–H and O–H groups in total. The average Bonchev–Trinajstić information content (AvgIpc) is 2.87. The van der Waals surface area contributed by atoms with Crippen molar-refractivity contribution in [3.8, 4) is 0 Å². The molecule has 0 amide bonds. The van der Waals surface area contributed by atoms with Crippen molar-refractivity contribution in [3.05, 3.63) is 0 Å². The maximum atomic E-state index is 9.60. The Morgan fingerprint density at radius 3 is 2.84 bits per heavy atom. The van der Waals surface area contributed by atoms with Gasteiger partial charge in [-0.3, -0.25) is 0 Å². The number of piperidine rings is 1. The maximum absolute atomic E-state index is 9.60. The second-order valence-electron chi connectivity index (χ2n) is 6.87. The molecule has 1 aliphatic carbocycles. The molecule has 1 saturated carbocycles. The number of nitrogens with one attached hydrogen (secondary N) is 1. The van der Waals surface area contributed by atoms with Gasteiger partial charge in [-0.05, 0) is 50.6 Å². The van der Waals surface area contributed by atoms with Gasteiger partial charge < -0.3 is 21.1 Å². The minimum atomic E-state index is 0.141. The van der Waals surface area contributed by atoms with Gasteiger partial charge >= 0.3 is 0 Å². The van der Waals surface area contributed by atoms with Crippen LogP contribution in [-0.2, 0) is 0 Å². The third-order valence-electron chi connectivity index (χ3n) is 5.91. The summed E-state index contributed by atoms with van der Waals surface area (Å²) in [6.07, 6.45) is 7.43. The molecule has 2 bridgehead atoms. The molecule has 5 atom stereocenters. The van der Waals surface area contributed by atoms with E-state index >= 15 is 0 Å². The quantitative estimate of drug-likeness (QED) is 0.696. The first-order valence-electron chi connectivity index (χ1n) is 8.08. The zero-order valence-corrected chi connectivity index (χ0v) is 12.0. The molecule has 2 heterocycles. The molecule has 0 spiro atoms.